The Balaban J connectivity index is 2.89. The molecule has 0 aliphatic carbocycles. The molecule has 1 aliphatic rings. The highest BCUT2D eigenvalue weighted by atomic mass is 16.2. The van der Waals surface area contributed by atoms with Crippen LogP contribution in [0.15, 0.2) is 0 Å². The second kappa shape index (κ2) is 4.39. The summed E-state index contributed by atoms with van der Waals surface area (Å²) in [5.41, 5.74) is 5.38. The Labute approximate surface area is 88.0 Å². The summed E-state index contributed by atoms with van der Waals surface area (Å²) in [5, 5.41) is 0. The van der Waals surface area contributed by atoms with Crippen molar-refractivity contribution >= 4 is 17.8 Å². The fourth-order valence-electron chi connectivity index (χ4n) is 1.61. The summed E-state index contributed by atoms with van der Waals surface area (Å²) in [5.74, 6) is -1.52. The van der Waals surface area contributed by atoms with Crippen molar-refractivity contribution in [1.29, 1.82) is 0 Å². The van der Waals surface area contributed by atoms with Gasteiger partial charge in [-0.3, -0.25) is 19.4 Å². The molecule has 15 heavy (non-hydrogen) atoms. The Morgan fingerprint density at radius 1 is 1.27 bits per heavy atom. The third kappa shape index (κ3) is 1.85. The molecule has 1 saturated heterocycles. The molecule has 6 heteroatoms. The predicted octanol–water partition coefficient (Wildman–Crippen LogP) is -0.466. The maximum Gasteiger partial charge on any atom is 0.334 e. The number of hydrogen-bond acceptors (Lipinski definition) is 4. The van der Waals surface area contributed by atoms with Gasteiger partial charge in [-0.1, -0.05) is 6.92 Å². The molecule has 1 rings (SSSR count). The van der Waals surface area contributed by atoms with Crippen molar-refractivity contribution in [3.05, 3.63) is 0 Å². The molecule has 1 unspecified atom stereocenters. The van der Waals surface area contributed by atoms with E-state index in [1.54, 1.807) is 0 Å². The second-order valence-electron chi connectivity index (χ2n) is 3.46. The molecule has 4 amide bonds. The largest absolute Gasteiger partial charge is 0.334 e. The number of amides is 4. The molecule has 6 nitrogen and oxygen atoms in total. The van der Waals surface area contributed by atoms with Crippen molar-refractivity contribution in [1.82, 2.24) is 9.80 Å². The van der Waals surface area contributed by atoms with E-state index in [0.717, 1.165) is 9.80 Å². The molecule has 0 aromatic rings. The summed E-state index contributed by atoms with van der Waals surface area (Å²) in [7, 11) is 1.30. The highest BCUT2D eigenvalue weighted by Crippen LogP contribution is 2.17. The van der Waals surface area contributed by atoms with Gasteiger partial charge in [0.1, 0.15) is 0 Å². The first-order chi connectivity index (χ1) is 7.04. The monoisotopic (exact) mass is 213 g/mol. The molecule has 0 spiro atoms. The van der Waals surface area contributed by atoms with E-state index in [1.807, 2.05) is 6.92 Å². The number of imide groups is 2. The zero-order valence-electron chi connectivity index (χ0n) is 8.90. The number of rotatable bonds is 4. The van der Waals surface area contributed by atoms with Crippen molar-refractivity contribution < 1.29 is 14.4 Å². The summed E-state index contributed by atoms with van der Waals surface area (Å²) in [6.45, 7) is 2.23. The predicted molar refractivity (Wildman–Crippen MR) is 52.8 cm³/mol. The molecule has 1 heterocycles. The van der Waals surface area contributed by atoms with Crippen molar-refractivity contribution in [2.45, 2.75) is 25.8 Å². The topological polar surface area (TPSA) is 83.7 Å². The SMILES string of the molecule is CCC(CCN)N1C(=O)C(=O)N(C)C1=O. The normalized spacial score (nSPS) is 19.0. The van der Waals surface area contributed by atoms with Gasteiger partial charge in [0.2, 0.25) is 0 Å². The van der Waals surface area contributed by atoms with Crippen LogP contribution in [0.1, 0.15) is 19.8 Å². The third-order valence-electron chi connectivity index (χ3n) is 2.54. The first-order valence-electron chi connectivity index (χ1n) is 4.89. The van der Waals surface area contributed by atoms with E-state index in [4.69, 9.17) is 5.73 Å². The van der Waals surface area contributed by atoms with Crippen LogP contribution >= 0.6 is 0 Å². The Morgan fingerprint density at radius 2 is 1.87 bits per heavy atom. The zero-order chi connectivity index (χ0) is 11.6. The van der Waals surface area contributed by atoms with E-state index in [0.29, 0.717) is 19.4 Å². The average Bonchev–Trinajstić information content (AvgIpc) is 2.41. The standard InChI is InChI=1S/C9H15N3O3/c1-3-6(4-5-10)12-8(14)7(13)11(2)9(12)15/h6H,3-5,10H2,1-2H3. The van der Waals surface area contributed by atoms with Crippen LogP contribution in [0, 0.1) is 0 Å². The van der Waals surface area contributed by atoms with Gasteiger partial charge < -0.3 is 5.73 Å². The van der Waals surface area contributed by atoms with Crippen molar-refractivity contribution in [2.24, 2.45) is 5.73 Å². The minimum atomic E-state index is -0.768. The van der Waals surface area contributed by atoms with Crippen molar-refractivity contribution in [2.75, 3.05) is 13.6 Å². The minimum Gasteiger partial charge on any atom is -0.330 e. The first kappa shape index (κ1) is 11.6. The van der Waals surface area contributed by atoms with Crippen LogP contribution < -0.4 is 5.73 Å². The fraction of sp³-hybridized carbons (Fsp3) is 0.667. The second-order valence-corrected chi connectivity index (χ2v) is 3.46. The molecule has 0 aromatic heterocycles. The first-order valence-corrected chi connectivity index (χ1v) is 4.89. The highest BCUT2D eigenvalue weighted by Gasteiger charge is 2.44. The van der Waals surface area contributed by atoms with Gasteiger partial charge in [0.05, 0.1) is 0 Å². The molecule has 84 valence electrons. The molecule has 1 fully saturated rings. The molecule has 1 atom stereocenters. The number of nitrogens with two attached hydrogens (primary N) is 1. The number of likely N-dealkylation sites (N-methyl/N-ethyl adjacent to an activating group) is 1. The van der Waals surface area contributed by atoms with Crippen LogP contribution in [0.5, 0.6) is 0 Å². The lowest BCUT2D eigenvalue weighted by atomic mass is 10.1. The maximum atomic E-state index is 11.6. The highest BCUT2D eigenvalue weighted by molar-refractivity contribution is 6.44. The van der Waals surface area contributed by atoms with Crippen molar-refractivity contribution in [3.8, 4) is 0 Å². The lowest BCUT2D eigenvalue weighted by Crippen LogP contribution is -2.41. The number of hydrogen-bond donors (Lipinski definition) is 1. The van der Waals surface area contributed by atoms with E-state index in [2.05, 4.69) is 0 Å². The van der Waals surface area contributed by atoms with E-state index in [1.165, 1.54) is 7.05 Å². The number of carbonyl (C=O) groups is 3. The Kier molecular flexibility index (Phi) is 3.41. The Bertz CT molecular complexity index is 303. The quantitative estimate of drug-likeness (QED) is 0.505. The summed E-state index contributed by atoms with van der Waals surface area (Å²) in [4.78, 5) is 36.1. The van der Waals surface area contributed by atoms with Gasteiger partial charge in [-0.15, -0.1) is 0 Å². The zero-order valence-corrected chi connectivity index (χ0v) is 8.90. The summed E-state index contributed by atoms with van der Waals surface area (Å²) in [6, 6.07) is -0.825. The van der Waals surface area contributed by atoms with Gasteiger partial charge in [-0.25, -0.2) is 4.79 Å². The van der Waals surface area contributed by atoms with Crippen LogP contribution in [0.2, 0.25) is 0 Å². The molecular weight excluding hydrogens is 198 g/mol. The molecule has 0 radical (unpaired) electrons. The van der Waals surface area contributed by atoms with Crippen LogP contribution in [-0.2, 0) is 9.59 Å². The van der Waals surface area contributed by atoms with Crippen molar-refractivity contribution in [3.63, 3.8) is 0 Å². The Hall–Kier alpha value is -1.43. The smallest absolute Gasteiger partial charge is 0.330 e. The number of nitrogens with zero attached hydrogens (tertiary/aromatic N) is 2. The van der Waals surface area contributed by atoms with Crippen LogP contribution in [0.25, 0.3) is 0 Å². The van der Waals surface area contributed by atoms with Crippen LogP contribution in [-0.4, -0.2) is 47.3 Å². The molecule has 1 aliphatic heterocycles. The van der Waals surface area contributed by atoms with Gasteiger partial charge in [-0.05, 0) is 19.4 Å². The average molecular weight is 213 g/mol. The number of carbonyl (C=O) groups excluding carboxylic acids is 3. The molecular formula is C9H15N3O3. The number of urea groups is 1. The lowest BCUT2D eigenvalue weighted by molar-refractivity contribution is -0.143. The summed E-state index contributed by atoms with van der Waals surface area (Å²) < 4.78 is 0. The fourth-order valence-corrected chi connectivity index (χ4v) is 1.61. The van der Waals surface area contributed by atoms with Gasteiger partial charge in [0.25, 0.3) is 0 Å². The van der Waals surface area contributed by atoms with E-state index < -0.39 is 17.8 Å². The van der Waals surface area contributed by atoms with Gasteiger partial charge in [0.15, 0.2) is 0 Å². The molecule has 0 bridgehead atoms. The molecule has 0 saturated carbocycles. The van der Waals surface area contributed by atoms with E-state index in [-0.39, 0.29) is 6.04 Å². The van der Waals surface area contributed by atoms with Crippen LogP contribution in [0.3, 0.4) is 0 Å². The van der Waals surface area contributed by atoms with E-state index in [9.17, 15) is 14.4 Å². The minimum absolute atomic E-state index is 0.274. The summed E-state index contributed by atoms with van der Waals surface area (Å²) in [6.07, 6.45) is 1.13. The third-order valence-corrected chi connectivity index (χ3v) is 2.54. The van der Waals surface area contributed by atoms with Gasteiger partial charge >= 0.3 is 17.8 Å². The van der Waals surface area contributed by atoms with Gasteiger partial charge in [-0.2, -0.15) is 0 Å². The van der Waals surface area contributed by atoms with E-state index >= 15 is 0 Å². The molecule has 0 aromatic carbocycles. The molecule has 2 N–H and O–H groups in total. The van der Waals surface area contributed by atoms with Gasteiger partial charge in [0, 0.05) is 13.1 Å². The Morgan fingerprint density at radius 3 is 2.20 bits per heavy atom. The summed E-state index contributed by atoms with van der Waals surface area (Å²) >= 11 is 0. The lowest BCUT2D eigenvalue weighted by Gasteiger charge is -2.23. The maximum absolute atomic E-state index is 11.6. The van der Waals surface area contributed by atoms with Crippen LogP contribution in [0.4, 0.5) is 4.79 Å².